The summed E-state index contributed by atoms with van der Waals surface area (Å²) in [7, 11) is -2.76. The lowest BCUT2D eigenvalue weighted by Crippen LogP contribution is -2.46. The number of nitrogens with zero attached hydrogens (tertiary/aromatic N) is 1. The van der Waals surface area contributed by atoms with Crippen LogP contribution in [0.2, 0.25) is 0 Å². The molecule has 2 saturated heterocycles. The fraction of sp³-hybridized carbons (Fsp3) is 1.00. The molecule has 2 unspecified atom stereocenters. The molecule has 3 rings (SSSR count). The summed E-state index contributed by atoms with van der Waals surface area (Å²) >= 11 is 0. The molecule has 0 aromatic carbocycles. The zero-order chi connectivity index (χ0) is 12.1. The summed E-state index contributed by atoms with van der Waals surface area (Å²) in [5, 5.41) is 3.53. The Hall–Kier alpha value is -0.130. The molecule has 0 aromatic heterocycles. The van der Waals surface area contributed by atoms with E-state index in [-0.39, 0.29) is 6.04 Å². The minimum atomic E-state index is -2.76. The second kappa shape index (κ2) is 3.93. The zero-order valence-electron chi connectivity index (χ0n) is 10.5. The van der Waals surface area contributed by atoms with Crippen molar-refractivity contribution in [2.45, 2.75) is 38.3 Å². The molecule has 1 N–H and O–H groups in total. The van der Waals surface area contributed by atoms with E-state index in [4.69, 9.17) is 0 Å². The van der Waals surface area contributed by atoms with Crippen LogP contribution in [0, 0.1) is 5.41 Å². The first kappa shape index (κ1) is 11.9. The summed E-state index contributed by atoms with van der Waals surface area (Å²) in [6.07, 6.45) is 3.45. The normalized spacial score (nSPS) is 40.3. The van der Waals surface area contributed by atoms with E-state index < -0.39 is 9.84 Å². The molecule has 0 aromatic rings. The number of rotatable bonds is 1. The molecule has 4 nitrogen and oxygen atoms in total. The summed E-state index contributed by atoms with van der Waals surface area (Å²) in [5.41, 5.74) is 0.469. The highest BCUT2D eigenvalue weighted by Crippen LogP contribution is 2.47. The van der Waals surface area contributed by atoms with Gasteiger partial charge >= 0.3 is 0 Å². The summed E-state index contributed by atoms with van der Waals surface area (Å²) < 4.78 is 23.2. The van der Waals surface area contributed by atoms with Gasteiger partial charge in [0.25, 0.3) is 0 Å². The van der Waals surface area contributed by atoms with Crippen molar-refractivity contribution in [2.75, 3.05) is 31.1 Å². The van der Waals surface area contributed by atoms with Crippen molar-refractivity contribution in [3.63, 3.8) is 0 Å². The molecule has 17 heavy (non-hydrogen) atoms. The quantitative estimate of drug-likeness (QED) is 0.732. The second-order valence-electron chi connectivity index (χ2n) is 6.21. The van der Waals surface area contributed by atoms with Crippen molar-refractivity contribution < 1.29 is 8.42 Å². The van der Waals surface area contributed by atoms with E-state index in [0.29, 0.717) is 23.0 Å². The zero-order valence-corrected chi connectivity index (χ0v) is 11.3. The van der Waals surface area contributed by atoms with Crippen LogP contribution in [0.5, 0.6) is 0 Å². The number of sulfone groups is 1. The average Bonchev–Trinajstić information content (AvgIpc) is 2.96. The highest BCUT2D eigenvalue weighted by molar-refractivity contribution is 7.91. The Morgan fingerprint density at radius 3 is 2.71 bits per heavy atom. The van der Waals surface area contributed by atoms with Gasteiger partial charge in [-0.05, 0) is 31.6 Å². The number of hydrogen-bond donors (Lipinski definition) is 1. The van der Waals surface area contributed by atoms with E-state index in [1.54, 1.807) is 0 Å². The van der Waals surface area contributed by atoms with Gasteiger partial charge in [-0.25, -0.2) is 8.42 Å². The maximum absolute atomic E-state index is 11.6. The van der Waals surface area contributed by atoms with Gasteiger partial charge in [0.1, 0.15) is 0 Å². The van der Waals surface area contributed by atoms with Gasteiger partial charge in [0.2, 0.25) is 0 Å². The third kappa shape index (κ3) is 2.37. The van der Waals surface area contributed by atoms with Gasteiger partial charge in [0, 0.05) is 31.7 Å². The first-order valence-electron chi connectivity index (χ1n) is 6.67. The topological polar surface area (TPSA) is 49.4 Å². The minimum Gasteiger partial charge on any atom is -0.315 e. The van der Waals surface area contributed by atoms with Crippen LogP contribution in [0.3, 0.4) is 0 Å². The van der Waals surface area contributed by atoms with E-state index in [9.17, 15) is 8.42 Å². The van der Waals surface area contributed by atoms with Crippen LogP contribution in [0.1, 0.15) is 26.2 Å². The minimum absolute atomic E-state index is 0.271. The van der Waals surface area contributed by atoms with Crippen molar-refractivity contribution in [1.82, 2.24) is 10.2 Å². The molecule has 3 fully saturated rings. The Morgan fingerprint density at radius 2 is 2.12 bits per heavy atom. The molecular weight excluding hydrogens is 236 g/mol. The van der Waals surface area contributed by atoms with Crippen molar-refractivity contribution in [1.29, 1.82) is 0 Å². The van der Waals surface area contributed by atoms with E-state index in [0.717, 1.165) is 26.1 Å². The molecule has 5 heteroatoms. The Kier molecular flexibility index (Phi) is 2.76. The lowest BCUT2D eigenvalue weighted by Gasteiger charge is -2.33. The summed E-state index contributed by atoms with van der Waals surface area (Å²) in [4.78, 5) is 2.47. The monoisotopic (exact) mass is 258 g/mol. The molecule has 0 radical (unpaired) electrons. The smallest absolute Gasteiger partial charge is 0.151 e. The van der Waals surface area contributed by atoms with Crippen molar-refractivity contribution in [3.8, 4) is 0 Å². The molecule has 0 bridgehead atoms. The predicted molar refractivity (Wildman–Crippen MR) is 67.8 cm³/mol. The molecule has 98 valence electrons. The SMILES string of the molecule is CC1CNCC2(CC2)CN1C1CCS(=O)(=O)C1. The molecule has 1 saturated carbocycles. The van der Waals surface area contributed by atoms with Crippen molar-refractivity contribution in [2.24, 2.45) is 5.41 Å². The fourth-order valence-electron chi connectivity index (χ4n) is 3.30. The average molecular weight is 258 g/mol. The molecule has 1 spiro atoms. The van der Waals surface area contributed by atoms with Crippen molar-refractivity contribution in [3.05, 3.63) is 0 Å². The Labute approximate surface area is 104 Å². The third-order valence-corrected chi connectivity index (χ3v) is 6.41. The molecular formula is C12H22N2O2S. The molecule has 0 amide bonds. The van der Waals surface area contributed by atoms with E-state index in [1.807, 2.05) is 0 Å². The Balaban J connectivity index is 1.75. The lowest BCUT2D eigenvalue weighted by atomic mass is 10.0. The van der Waals surface area contributed by atoms with Gasteiger partial charge in [-0.1, -0.05) is 0 Å². The second-order valence-corrected chi connectivity index (χ2v) is 8.44. The largest absolute Gasteiger partial charge is 0.315 e. The van der Waals surface area contributed by atoms with Crippen LogP contribution in [-0.2, 0) is 9.84 Å². The van der Waals surface area contributed by atoms with Gasteiger partial charge in [0.05, 0.1) is 11.5 Å². The third-order valence-electron chi connectivity index (χ3n) is 4.66. The van der Waals surface area contributed by atoms with Gasteiger partial charge in [-0.2, -0.15) is 0 Å². The summed E-state index contributed by atoms with van der Waals surface area (Å²) in [6, 6.07) is 0.737. The fourth-order valence-corrected chi connectivity index (χ4v) is 5.04. The standard InChI is InChI=1S/C12H22N2O2S/c1-10-6-13-8-12(3-4-12)9-14(10)11-2-5-17(15,16)7-11/h10-11,13H,2-9H2,1H3. The number of hydrogen-bond acceptors (Lipinski definition) is 4. The molecule has 3 aliphatic rings. The van der Waals surface area contributed by atoms with Gasteiger partial charge < -0.3 is 5.32 Å². The van der Waals surface area contributed by atoms with E-state index >= 15 is 0 Å². The maximum Gasteiger partial charge on any atom is 0.151 e. The van der Waals surface area contributed by atoms with E-state index in [1.165, 1.54) is 12.8 Å². The van der Waals surface area contributed by atoms with Gasteiger partial charge in [-0.15, -0.1) is 0 Å². The highest BCUT2D eigenvalue weighted by Gasteiger charge is 2.48. The predicted octanol–water partition coefficient (Wildman–Crippen LogP) is 0.247. The van der Waals surface area contributed by atoms with Crippen LogP contribution in [0.15, 0.2) is 0 Å². The van der Waals surface area contributed by atoms with Crippen molar-refractivity contribution >= 4 is 9.84 Å². The molecule has 2 heterocycles. The van der Waals surface area contributed by atoms with Crippen LogP contribution < -0.4 is 5.32 Å². The first-order chi connectivity index (χ1) is 8.00. The summed E-state index contributed by atoms with van der Waals surface area (Å²) in [6.45, 7) is 5.44. The van der Waals surface area contributed by atoms with Crippen LogP contribution in [-0.4, -0.2) is 56.5 Å². The first-order valence-corrected chi connectivity index (χ1v) is 8.49. The highest BCUT2D eigenvalue weighted by atomic mass is 32.2. The van der Waals surface area contributed by atoms with Crippen LogP contribution in [0.4, 0.5) is 0 Å². The molecule has 2 atom stereocenters. The van der Waals surface area contributed by atoms with Crippen LogP contribution in [0.25, 0.3) is 0 Å². The Morgan fingerprint density at radius 1 is 1.35 bits per heavy atom. The molecule has 1 aliphatic carbocycles. The Bertz CT molecular complexity index is 403. The van der Waals surface area contributed by atoms with Gasteiger partial charge in [0.15, 0.2) is 9.84 Å². The summed E-state index contributed by atoms with van der Waals surface area (Å²) in [5.74, 6) is 0.773. The maximum atomic E-state index is 11.6. The lowest BCUT2D eigenvalue weighted by molar-refractivity contribution is 0.144. The number of nitrogens with one attached hydrogen (secondary N) is 1. The van der Waals surface area contributed by atoms with E-state index in [2.05, 4.69) is 17.1 Å². The van der Waals surface area contributed by atoms with Crippen LogP contribution >= 0.6 is 0 Å². The van der Waals surface area contributed by atoms with Gasteiger partial charge in [-0.3, -0.25) is 4.90 Å². The molecule has 2 aliphatic heterocycles.